The van der Waals surface area contributed by atoms with Crippen LogP contribution in [0.4, 0.5) is 5.69 Å². The molecule has 1 heterocycles. The lowest BCUT2D eigenvalue weighted by Crippen LogP contribution is -2.31. The summed E-state index contributed by atoms with van der Waals surface area (Å²) >= 11 is 0. The first-order valence-electron chi connectivity index (χ1n) is 7.48. The maximum absolute atomic E-state index is 12.3. The molecular formula is C16H23N3O. The van der Waals surface area contributed by atoms with Gasteiger partial charge in [-0.1, -0.05) is 12.1 Å². The van der Waals surface area contributed by atoms with E-state index in [2.05, 4.69) is 10.6 Å². The van der Waals surface area contributed by atoms with E-state index in [9.17, 15) is 4.79 Å². The Hall–Kier alpha value is -1.39. The van der Waals surface area contributed by atoms with Gasteiger partial charge in [0, 0.05) is 17.6 Å². The summed E-state index contributed by atoms with van der Waals surface area (Å²) in [6.07, 6.45) is 3.32. The molecule has 0 aromatic heterocycles. The minimum Gasteiger partial charge on any atom is -0.326 e. The van der Waals surface area contributed by atoms with Gasteiger partial charge in [-0.05, 0) is 62.4 Å². The predicted octanol–water partition coefficient (Wildman–Crippen LogP) is 2.03. The average molecular weight is 273 g/mol. The van der Waals surface area contributed by atoms with Crippen molar-refractivity contribution in [1.82, 2.24) is 5.32 Å². The van der Waals surface area contributed by atoms with Gasteiger partial charge in [0.1, 0.15) is 0 Å². The van der Waals surface area contributed by atoms with Gasteiger partial charge in [0.2, 0.25) is 5.91 Å². The van der Waals surface area contributed by atoms with E-state index in [-0.39, 0.29) is 17.9 Å². The zero-order valence-corrected chi connectivity index (χ0v) is 12.0. The highest BCUT2D eigenvalue weighted by Crippen LogP contribution is 2.58. The third kappa shape index (κ3) is 2.58. The lowest BCUT2D eigenvalue weighted by atomic mass is 9.92. The van der Waals surface area contributed by atoms with E-state index in [1.807, 2.05) is 31.2 Å². The Labute approximate surface area is 120 Å². The minimum atomic E-state index is 0.0289. The third-order valence-electron chi connectivity index (χ3n) is 4.81. The van der Waals surface area contributed by atoms with E-state index >= 15 is 0 Å². The Morgan fingerprint density at radius 2 is 2.00 bits per heavy atom. The number of carbonyl (C=O) groups excluding carboxylic acids is 1. The molecule has 20 heavy (non-hydrogen) atoms. The SMILES string of the molecule is CC(N)c1ccc(NC(=O)C2CC23CCNCC3)cc1. The predicted molar refractivity (Wildman–Crippen MR) is 80.3 cm³/mol. The highest BCUT2D eigenvalue weighted by Gasteiger charge is 2.57. The maximum Gasteiger partial charge on any atom is 0.228 e. The summed E-state index contributed by atoms with van der Waals surface area (Å²) in [5, 5.41) is 6.40. The number of anilines is 1. The molecule has 1 aromatic rings. The molecule has 2 atom stereocenters. The van der Waals surface area contributed by atoms with E-state index in [4.69, 9.17) is 5.73 Å². The number of nitrogens with one attached hydrogen (secondary N) is 2. The molecule has 1 amide bonds. The second-order valence-electron chi connectivity index (χ2n) is 6.27. The van der Waals surface area contributed by atoms with E-state index in [1.54, 1.807) is 0 Å². The first-order chi connectivity index (χ1) is 9.61. The Morgan fingerprint density at radius 1 is 1.35 bits per heavy atom. The van der Waals surface area contributed by atoms with Crippen LogP contribution in [0.15, 0.2) is 24.3 Å². The molecule has 2 fully saturated rings. The number of hydrogen-bond donors (Lipinski definition) is 3. The van der Waals surface area contributed by atoms with Gasteiger partial charge in [0.25, 0.3) is 0 Å². The van der Waals surface area contributed by atoms with Crippen LogP contribution in [0.3, 0.4) is 0 Å². The van der Waals surface area contributed by atoms with Gasteiger partial charge in [-0.25, -0.2) is 0 Å². The molecule has 1 spiro atoms. The first-order valence-corrected chi connectivity index (χ1v) is 7.48. The zero-order valence-electron chi connectivity index (χ0n) is 12.0. The van der Waals surface area contributed by atoms with Crippen molar-refractivity contribution in [3.8, 4) is 0 Å². The molecule has 4 heteroatoms. The maximum atomic E-state index is 12.3. The Morgan fingerprint density at radius 3 is 2.60 bits per heavy atom. The Balaban J connectivity index is 1.59. The summed E-state index contributed by atoms with van der Waals surface area (Å²) < 4.78 is 0. The van der Waals surface area contributed by atoms with Crippen molar-refractivity contribution in [1.29, 1.82) is 0 Å². The molecule has 108 valence electrons. The Kier molecular flexibility index (Phi) is 3.52. The fourth-order valence-corrected chi connectivity index (χ4v) is 3.30. The van der Waals surface area contributed by atoms with Crippen molar-refractivity contribution in [2.24, 2.45) is 17.1 Å². The molecule has 1 aliphatic carbocycles. The minimum absolute atomic E-state index is 0.0289. The number of benzene rings is 1. The highest BCUT2D eigenvalue weighted by molar-refractivity contribution is 5.95. The monoisotopic (exact) mass is 273 g/mol. The number of carbonyl (C=O) groups is 1. The number of hydrogen-bond acceptors (Lipinski definition) is 3. The molecule has 2 unspecified atom stereocenters. The standard InChI is InChI=1S/C16H23N3O/c1-11(17)12-2-4-13(5-3-12)19-15(20)14-10-16(14)6-8-18-9-7-16/h2-5,11,14,18H,6-10,17H2,1H3,(H,19,20). The van der Waals surface area contributed by atoms with Crippen molar-refractivity contribution >= 4 is 11.6 Å². The molecule has 4 nitrogen and oxygen atoms in total. The average Bonchev–Trinajstić information content (AvgIpc) is 3.14. The number of nitrogens with two attached hydrogens (primary N) is 1. The highest BCUT2D eigenvalue weighted by atomic mass is 16.2. The normalized spacial score (nSPS) is 25.2. The fourth-order valence-electron chi connectivity index (χ4n) is 3.30. The van der Waals surface area contributed by atoms with Gasteiger partial charge in [-0.15, -0.1) is 0 Å². The number of piperidine rings is 1. The van der Waals surface area contributed by atoms with Gasteiger partial charge in [0.15, 0.2) is 0 Å². The molecule has 1 aromatic carbocycles. The molecule has 1 saturated heterocycles. The summed E-state index contributed by atoms with van der Waals surface area (Å²) in [6, 6.07) is 7.87. The lowest BCUT2D eigenvalue weighted by Gasteiger charge is -2.23. The summed E-state index contributed by atoms with van der Waals surface area (Å²) in [5.41, 5.74) is 8.07. The van der Waals surface area contributed by atoms with Crippen LogP contribution in [-0.4, -0.2) is 19.0 Å². The smallest absolute Gasteiger partial charge is 0.228 e. The summed E-state index contributed by atoms with van der Waals surface area (Å²) in [7, 11) is 0. The van der Waals surface area contributed by atoms with Crippen LogP contribution >= 0.6 is 0 Å². The van der Waals surface area contributed by atoms with Crippen molar-refractivity contribution in [3.05, 3.63) is 29.8 Å². The van der Waals surface area contributed by atoms with E-state index in [0.717, 1.165) is 43.6 Å². The van der Waals surface area contributed by atoms with Crippen molar-refractivity contribution < 1.29 is 4.79 Å². The van der Waals surface area contributed by atoms with Gasteiger partial charge in [-0.3, -0.25) is 4.79 Å². The number of amides is 1. The molecule has 1 saturated carbocycles. The van der Waals surface area contributed by atoms with Crippen LogP contribution in [-0.2, 0) is 4.79 Å². The van der Waals surface area contributed by atoms with E-state index in [0.29, 0.717) is 5.41 Å². The molecule has 4 N–H and O–H groups in total. The van der Waals surface area contributed by atoms with Crippen molar-refractivity contribution in [3.63, 3.8) is 0 Å². The van der Waals surface area contributed by atoms with Gasteiger partial charge < -0.3 is 16.4 Å². The van der Waals surface area contributed by atoms with Crippen molar-refractivity contribution in [2.75, 3.05) is 18.4 Å². The second-order valence-corrected chi connectivity index (χ2v) is 6.27. The summed E-state index contributed by atoms with van der Waals surface area (Å²) in [6.45, 7) is 4.05. The molecule has 2 aliphatic rings. The zero-order chi connectivity index (χ0) is 14.2. The molecular weight excluding hydrogens is 250 g/mol. The van der Waals surface area contributed by atoms with Crippen LogP contribution in [0.5, 0.6) is 0 Å². The molecule has 0 radical (unpaired) electrons. The molecule has 0 bridgehead atoms. The largest absolute Gasteiger partial charge is 0.326 e. The van der Waals surface area contributed by atoms with Crippen LogP contribution in [0.1, 0.15) is 37.8 Å². The summed E-state index contributed by atoms with van der Waals surface area (Å²) in [4.78, 5) is 12.3. The van der Waals surface area contributed by atoms with E-state index in [1.165, 1.54) is 0 Å². The third-order valence-corrected chi connectivity index (χ3v) is 4.81. The van der Waals surface area contributed by atoms with Gasteiger partial charge in [0.05, 0.1) is 0 Å². The number of rotatable bonds is 3. The van der Waals surface area contributed by atoms with Gasteiger partial charge >= 0.3 is 0 Å². The quantitative estimate of drug-likeness (QED) is 0.789. The fraction of sp³-hybridized carbons (Fsp3) is 0.562. The molecule has 1 aliphatic heterocycles. The molecule has 3 rings (SSSR count). The van der Waals surface area contributed by atoms with Crippen molar-refractivity contribution in [2.45, 2.75) is 32.2 Å². The van der Waals surface area contributed by atoms with Crippen LogP contribution in [0, 0.1) is 11.3 Å². The van der Waals surface area contributed by atoms with Crippen LogP contribution in [0.2, 0.25) is 0 Å². The lowest BCUT2D eigenvalue weighted by molar-refractivity contribution is -0.118. The second kappa shape index (κ2) is 5.19. The van der Waals surface area contributed by atoms with E-state index < -0.39 is 0 Å². The Bertz CT molecular complexity index is 489. The summed E-state index contributed by atoms with van der Waals surface area (Å²) in [5.74, 6) is 0.387. The van der Waals surface area contributed by atoms with Crippen LogP contribution < -0.4 is 16.4 Å². The first kappa shape index (κ1) is 13.6. The van der Waals surface area contributed by atoms with Crippen LogP contribution in [0.25, 0.3) is 0 Å². The van der Waals surface area contributed by atoms with Gasteiger partial charge in [-0.2, -0.15) is 0 Å². The topological polar surface area (TPSA) is 67.1 Å².